The summed E-state index contributed by atoms with van der Waals surface area (Å²) in [5.74, 6) is 0.690. The summed E-state index contributed by atoms with van der Waals surface area (Å²) in [5, 5.41) is 6.46. The van der Waals surface area contributed by atoms with Crippen LogP contribution in [-0.2, 0) is 19.9 Å². The van der Waals surface area contributed by atoms with Crippen molar-refractivity contribution in [1.29, 1.82) is 0 Å². The maximum atomic E-state index is 6.04. The van der Waals surface area contributed by atoms with E-state index < -0.39 is 0 Å². The molecule has 0 aromatic carbocycles. The fourth-order valence-corrected chi connectivity index (χ4v) is 2.56. The molecule has 2 heterocycles. The van der Waals surface area contributed by atoms with Gasteiger partial charge in [-0.1, -0.05) is 19.4 Å². The molecule has 4 nitrogen and oxygen atoms in total. The normalized spacial score (nSPS) is 10.8. The lowest BCUT2D eigenvalue weighted by Crippen LogP contribution is -2.05. The quantitative estimate of drug-likeness (QED) is 0.873. The SMILES string of the molecule is CCCc1nn(C)c(OCCc2cccs2)c1N. The van der Waals surface area contributed by atoms with E-state index in [1.54, 1.807) is 16.0 Å². The van der Waals surface area contributed by atoms with Crippen LogP contribution in [0.1, 0.15) is 23.9 Å². The molecule has 0 spiro atoms. The molecule has 0 saturated carbocycles. The molecule has 0 radical (unpaired) electrons. The van der Waals surface area contributed by atoms with E-state index >= 15 is 0 Å². The van der Waals surface area contributed by atoms with Crippen molar-refractivity contribution < 1.29 is 4.74 Å². The number of hydrogen-bond acceptors (Lipinski definition) is 4. The van der Waals surface area contributed by atoms with E-state index in [0.29, 0.717) is 18.2 Å². The number of ether oxygens (including phenoxy) is 1. The Morgan fingerprint density at radius 3 is 2.94 bits per heavy atom. The van der Waals surface area contributed by atoms with Gasteiger partial charge in [0.15, 0.2) is 0 Å². The van der Waals surface area contributed by atoms with Gasteiger partial charge >= 0.3 is 0 Å². The van der Waals surface area contributed by atoms with E-state index in [2.05, 4.69) is 29.5 Å². The van der Waals surface area contributed by atoms with Gasteiger partial charge in [-0.15, -0.1) is 11.3 Å². The van der Waals surface area contributed by atoms with Crippen molar-refractivity contribution in [2.45, 2.75) is 26.2 Å². The summed E-state index contributed by atoms with van der Waals surface area (Å²) in [6, 6.07) is 4.17. The van der Waals surface area contributed by atoms with Gasteiger partial charge in [0.1, 0.15) is 5.69 Å². The van der Waals surface area contributed by atoms with Gasteiger partial charge in [0.2, 0.25) is 5.88 Å². The number of aryl methyl sites for hydroxylation is 2. The molecule has 0 saturated heterocycles. The van der Waals surface area contributed by atoms with Crippen molar-refractivity contribution in [3.05, 3.63) is 28.1 Å². The minimum absolute atomic E-state index is 0.635. The predicted octanol–water partition coefficient (Wildman–Crippen LogP) is 2.64. The number of rotatable bonds is 6. The maximum Gasteiger partial charge on any atom is 0.235 e. The fraction of sp³-hybridized carbons (Fsp3) is 0.462. The third-order valence-corrected chi connectivity index (χ3v) is 3.70. The van der Waals surface area contributed by atoms with Crippen LogP contribution in [0.2, 0.25) is 0 Å². The summed E-state index contributed by atoms with van der Waals surface area (Å²) >= 11 is 1.75. The van der Waals surface area contributed by atoms with Gasteiger partial charge in [-0.25, -0.2) is 4.68 Å². The molecular weight excluding hydrogens is 246 g/mol. The Balaban J connectivity index is 1.96. The Bertz CT molecular complexity index is 491. The number of aromatic nitrogens is 2. The number of nitrogens with zero attached hydrogens (tertiary/aromatic N) is 2. The van der Waals surface area contributed by atoms with Crippen molar-refractivity contribution in [3.8, 4) is 5.88 Å². The Morgan fingerprint density at radius 2 is 2.28 bits per heavy atom. The lowest BCUT2D eigenvalue weighted by atomic mass is 10.2. The number of nitrogen functional groups attached to an aromatic ring is 1. The summed E-state index contributed by atoms with van der Waals surface area (Å²) in [4.78, 5) is 1.32. The molecule has 5 heteroatoms. The van der Waals surface area contributed by atoms with E-state index in [-0.39, 0.29) is 0 Å². The van der Waals surface area contributed by atoms with Crippen LogP contribution in [0.25, 0.3) is 0 Å². The van der Waals surface area contributed by atoms with Gasteiger partial charge in [0, 0.05) is 18.3 Å². The van der Waals surface area contributed by atoms with Crippen LogP contribution < -0.4 is 10.5 Å². The minimum atomic E-state index is 0.635. The lowest BCUT2D eigenvalue weighted by Gasteiger charge is -2.06. The molecule has 0 aliphatic heterocycles. The van der Waals surface area contributed by atoms with Crippen LogP contribution in [0.3, 0.4) is 0 Å². The average Bonchev–Trinajstić information content (AvgIpc) is 2.93. The Morgan fingerprint density at radius 1 is 1.44 bits per heavy atom. The second-order valence-corrected chi connectivity index (χ2v) is 5.25. The molecule has 0 bridgehead atoms. The van der Waals surface area contributed by atoms with Crippen LogP contribution in [0.4, 0.5) is 5.69 Å². The van der Waals surface area contributed by atoms with Crippen LogP contribution in [0.5, 0.6) is 5.88 Å². The van der Waals surface area contributed by atoms with Crippen LogP contribution in [-0.4, -0.2) is 16.4 Å². The average molecular weight is 265 g/mol. The number of anilines is 1. The smallest absolute Gasteiger partial charge is 0.235 e. The third kappa shape index (κ3) is 2.85. The van der Waals surface area contributed by atoms with Crippen molar-refractivity contribution in [1.82, 2.24) is 9.78 Å². The molecule has 0 atom stereocenters. The zero-order chi connectivity index (χ0) is 13.0. The van der Waals surface area contributed by atoms with E-state index in [0.717, 1.165) is 25.0 Å². The highest BCUT2D eigenvalue weighted by Crippen LogP contribution is 2.25. The minimum Gasteiger partial charge on any atom is -0.476 e. The Kier molecular flexibility index (Phi) is 4.25. The molecule has 2 rings (SSSR count). The highest BCUT2D eigenvalue weighted by molar-refractivity contribution is 7.09. The van der Waals surface area contributed by atoms with Crippen molar-refractivity contribution in [2.75, 3.05) is 12.3 Å². The summed E-state index contributed by atoms with van der Waals surface area (Å²) in [6.07, 6.45) is 2.84. The summed E-state index contributed by atoms with van der Waals surface area (Å²) in [7, 11) is 1.87. The Hall–Kier alpha value is -1.49. The predicted molar refractivity (Wildman–Crippen MR) is 75.1 cm³/mol. The van der Waals surface area contributed by atoms with Crippen molar-refractivity contribution >= 4 is 17.0 Å². The van der Waals surface area contributed by atoms with Gasteiger partial charge in [-0.3, -0.25) is 0 Å². The molecule has 0 unspecified atom stereocenters. The van der Waals surface area contributed by atoms with E-state index in [9.17, 15) is 0 Å². The van der Waals surface area contributed by atoms with Gasteiger partial charge in [0.05, 0.1) is 12.3 Å². The third-order valence-electron chi connectivity index (χ3n) is 2.76. The monoisotopic (exact) mass is 265 g/mol. The first-order valence-corrected chi connectivity index (χ1v) is 7.06. The number of thiophene rings is 1. The van der Waals surface area contributed by atoms with E-state index in [1.165, 1.54) is 4.88 Å². The molecule has 0 aliphatic rings. The van der Waals surface area contributed by atoms with Gasteiger partial charge in [-0.05, 0) is 17.9 Å². The van der Waals surface area contributed by atoms with E-state index in [4.69, 9.17) is 10.5 Å². The topological polar surface area (TPSA) is 53.1 Å². The van der Waals surface area contributed by atoms with Gasteiger partial charge in [0.25, 0.3) is 0 Å². The zero-order valence-corrected chi connectivity index (χ0v) is 11.7. The summed E-state index contributed by atoms with van der Waals surface area (Å²) in [5.41, 5.74) is 7.67. The van der Waals surface area contributed by atoms with Gasteiger partial charge in [-0.2, -0.15) is 5.10 Å². The second kappa shape index (κ2) is 5.91. The first kappa shape index (κ1) is 13.0. The highest BCUT2D eigenvalue weighted by atomic mass is 32.1. The van der Waals surface area contributed by atoms with Crippen molar-refractivity contribution in [3.63, 3.8) is 0 Å². The maximum absolute atomic E-state index is 6.04. The molecule has 2 aromatic heterocycles. The summed E-state index contributed by atoms with van der Waals surface area (Å²) in [6.45, 7) is 2.75. The molecule has 0 aliphatic carbocycles. The molecule has 2 aromatic rings. The highest BCUT2D eigenvalue weighted by Gasteiger charge is 2.13. The largest absolute Gasteiger partial charge is 0.476 e. The molecule has 98 valence electrons. The van der Waals surface area contributed by atoms with E-state index in [1.807, 2.05) is 7.05 Å². The summed E-state index contributed by atoms with van der Waals surface area (Å²) < 4.78 is 7.48. The second-order valence-electron chi connectivity index (χ2n) is 4.22. The number of hydrogen-bond donors (Lipinski definition) is 1. The van der Waals surface area contributed by atoms with Crippen LogP contribution in [0, 0.1) is 0 Å². The first-order valence-electron chi connectivity index (χ1n) is 6.19. The molecule has 18 heavy (non-hydrogen) atoms. The lowest BCUT2D eigenvalue weighted by molar-refractivity contribution is 0.296. The molecule has 0 amide bonds. The zero-order valence-electron chi connectivity index (χ0n) is 10.8. The fourth-order valence-electron chi connectivity index (χ4n) is 1.87. The first-order chi connectivity index (χ1) is 8.72. The standard InChI is InChI=1S/C13H19N3OS/c1-3-5-11-12(14)13(16(2)15-11)17-8-7-10-6-4-9-18-10/h4,6,9H,3,5,7-8,14H2,1-2H3. The molecular formula is C13H19N3OS. The van der Waals surface area contributed by atoms with Crippen molar-refractivity contribution in [2.24, 2.45) is 7.05 Å². The van der Waals surface area contributed by atoms with Crippen LogP contribution >= 0.6 is 11.3 Å². The van der Waals surface area contributed by atoms with Crippen LogP contribution in [0.15, 0.2) is 17.5 Å². The Labute approximate surface area is 111 Å². The molecule has 0 fully saturated rings. The molecule has 2 N–H and O–H groups in total. The number of nitrogens with two attached hydrogens (primary N) is 1. The van der Waals surface area contributed by atoms with Gasteiger partial charge < -0.3 is 10.5 Å².